The summed E-state index contributed by atoms with van der Waals surface area (Å²) in [5.74, 6) is 1.38. The Kier molecular flexibility index (Phi) is 7.16. The van der Waals surface area contributed by atoms with Gasteiger partial charge < -0.3 is 14.6 Å². The standard InChI is InChI=1S/C15H29N3O2/c1-6-10-12(16-5)11-13-17-14(18-20-13)15(7-2,8-3)19-9-4/h12,16H,6-11H2,1-5H3. The van der Waals surface area contributed by atoms with Gasteiger partial charge in [0.25, 0.3) is 0 Å². The van der Waals surface area contributed by atoms with Crippen molar-refractivity contribution in [1.82, 2.24) is 15.5 Å². The number of likely N-dealkylation sites (N-methyl/N-ethyl adjacent to an activating group) is 1. The molecule has 1 N–H and O–H groups in total. The number of rotatable bonds is 10. The monoisotopic (exact) mass is 283 g/mol. The minimum Gasteiger partial charge on any atom is -0.367 e. The van der Waals surface area contributed by atoms with Crippen molar-refractivity contribution in [3.63, 3.8) is 0 Å². The van der Waals surface area contributed by atoms with E-state index in [1.54, 1.807) is 0 Å². The minimum atomic E-state index is -0.406. The number of hydrogen-bond donors (Lipinski definition) is 1. The van der Waals surface area contributed by atoms with Crippen LogP contribution in [-0.4, -0.2) is 29.8 Å². The van der Waals surface area contributed by atoms with E-state index in [1.807, 2.05) is 14.0 Å². The van der Waals surface area contributed by atoms with Crippen LogP contribution in [-0.2, 0) is 16.8 Å². The van der Waals surface area contributed by atoms with Gasteiger partial charge in [0, 0.05) is 19.1 Å². The van der Waals surface area contributed by atoms with Crippen LogP contribution in [0.4, 0.5) is 0 Å². The van der Waals surface area contributed by atoms with E-state index < -0.39 is 5.60 Å². The highest BCUT2D eigenvalue weighted by Gasteiger charge is 2.34. The SMILES string of the molecule is CCCC(Cc1nc(C(CC)(CC)OCC)no1)NC. The molecule has 1 unspecified atom stereocenters. The average molecular weight is 283 g/mol. The molecule has 0 amide bonds. The zero-order chi connectivity index (χ0) is 15.0. The number of hydrogen-bond acceptors (Lipinski definition) is 5. The summed E-state index contributed by atoms with van der Waals surface area (Å²) >= 11 is 0. The second-order valence-corrected chi connectivity index (χ2v) is 5.12. The fourth-order valence-electron chi connectivity index (χ4n) is 2.54. The Morgan fingerprint density at radius 2 is 1.95 bits per heavy atom. The van der Waals surface area contributed by atoms with Crippen molar-refractivity contribution < 1.29 is 9.26 Å². The van der Waals surface area contributed by atoms with Crippen LogP contribution < -0.4 is 5.32 Å². The van der Waals surface area contributed by atoms with Crippen LogP contribution in [0.25, 0.3) is 0 Å². The highest BCUT2D eigenvalue weighted by molar-refractivity contribution is 5.01. The summed E-state index contributed by atoms with van der Waals surface area (Å²) in [4.78, 5) is 4.57. The first kappa shape index (κ1) is 17.1. The van der Waals surface area contributed by atoms with Gasteiger partial charge in [-0.25, -0.2) is 0 Å². The van der Waals surface area contributed by atoms with E-state index in [9.17, 15) is 0 Å². The Morgan fingerprint density at radius 1 is 1.25 bits per heavy atom. The number of nitrogens with zero attached hydrogens (tertiary/aromatic N) is 2. The molecule has 1 rings (SSSR count). The number of ether oxygens (including phenoxy) is 1. The van der Waals surface area contributed by atoms with Crippen molar-refractivity contribution in [2.45, 2.75) is 71.4 Å². The van der Waals surface area contributed by atoms with Gasteiger partial charge >= 0.3 is 0 Å². The lowest BCUT2D eigenvalue weighted by molar-refractivity contribution is -0.0583. The molecule has 0 saturated carbocycles. The molecular formula is C15H29N3O2. The molecule has 0 spiro atoms. The molecule has 0 aliphatic rings. The number of aromatic nitrogens is 2. The molecule has 1 atom stereocenters. The smallest absolute Gasteiger partial charge is 0.228 e. The highest BCUT2D eigenvalue weighted by Crippen LogP contribution is 2.31. The predicted octanol–water partition coefficient (Wildman–Crippen LogP) is 3.05. The predicted molar refractivity (Wildman–Crippen MR) is 79.6 cm³/mol. The maximum atomic E-state index is 5.91. The summed E-state index contributed by atoms with van der Waals surface area (Å²) in [6, 6.07) is 0.387. The summed E-state index contributed by atoms with van der Waals surface area (Å²) < 4.78 is 11.3. The lowest BCUT2D eigenvalue weighted by Gasteiger charge is -2.27. The van der Waals surface area contributed by atoms with Gasteiger partial charge in [-0.15, -0.1) is 0 Å². The minimum absolute atomic E-state index is 0.387. The average Bonchev–Trinajstić information content (AvgIpc) is 2.93. The van der Waals surface area contributed by atoms with Crippen molar-refractivity contribution >= 4 is 0 Å². The van der Waals surface area contributed by atoms with Crippen molar-refractivity contribution in [2.75, 3.05) is 13.7 Å². The second kappa shape index (κ2) is 8.37. The molecule has 0 bridgehead atoms. The lowest BCUT2D eigenvalue weighted by atomic mass is 9.96. The van der Waals surface area contributed by atoms with E-state index >= 15 is 0 Å². The Morgan fingerprint density at radius 3 is 2.45 bits per heavy atom. The zero-order valence-electron chi connectivity index (χ0n) is 13.5. The molecule has 5 nitrogen and oxygen atoms in total. The summed E-state index contributed by atoms with van der Waals surface area (Å²) in [6.45, 7) is 9.03. The second-order valence-electron chi connectivity index (χ2n) is 5.12. The van der Waals surface area contributed by atoms with E-state index in [2.05, 4.69) is 36.2 Å². The molecule has 116 valence electrons. The maximum absolute atomic E-state index is 5.91. The van der Waals surface area contributed by atoms with Crippen molar-refractivity contribution in [3.05, 3.63) is 11.7 Å². The Bertz CT molecular complexity index is 375. The van der Waals surface area contributed by atoms with Gasteiger partial charge in [0.2, 0.25) is 11.7 Å². The normalized spacial score (nSPS) is 13.7. The summed E-state index contributed by atoms with van der Waals surface area (Å²) in [7, 11) is 1.97. The quantitative estimate of drug-likeness (QED) is 0.715. The van der Waals surface area contributed by atoms with Gasteiger partial charge in [-0.2, -0.15) is 4.98 Å². The number of nitrogens with one attached hydrogen (secondary N) is 1. The van der Waals surface area contributed by atoms with Crippen LogP contribution in [0.3, 0.4) is 0 Å². The Labute approximate surface area is 122 Å². The Balaban J connectivity index is 2.83. The van der Waals surface area contributed by atoms with Crippen LogP contribution in [0.2, 0.25) is 0 Å². The molecule has 20 heavy (non-hydrogen) atoms. The third kappa shape index (κ3) is 4.03. The van der Waals surface area contributed by atoms with Gasteiger partial charge in [0.1, 0.15) is 5.60 Å². The Hall–Kier alpha value is -0.940. The van der Waals surface area contributed by atoms with Crippen LogP contribution in [0.15, 0.2) is 4.52 Å². The fourth-order valence-corrected chi connectivity index (χ4v) is 2.54. The van der Waals surface area contributed by atoms with E-state index in [4.69, 9.17) is 9.26 Å². The first-order valence-corrected chi connectivity index (χ1v) is 7.79. The molecule has 1 aromatic heterocycles. The third-order valence-corrected chi connectivity index (χ3v) is 3.90. The molecule has 0 saturated heterocycles. The van der Waals surface area contributed by atoms with Crippen LogP contribution in [0.5, 0.6) is 0 Å². The topological polar surface area (TPSA) is 60.2 Å². The third-order valence-electron chi connectivity index (χ3n) is 3.90. The van der Waals surface area contributed by atoms with Crippen LogP contribution in [0.1, 0.15) is 65.1 Å². The van der Waals surface area contributed by atoms with Crippen molar-refractivity contribution in [1.29, 1.82) is 0 Å². The largest absolute Gasteiger partial charge is 0.367 e. The van der Waals surface area contributed by atoms with Crippen LogP contribution in [0, 0.1) is 0 Å². The van der Waals surface area contributed by atoms with Gasteiger partial charge in [-0.3, -0.25) is 0 Å². The van der Waals surface area contributed by atoms with Gasteiger partial charge in [0.05, 0.1) is 0 Å². The molecule has 0 aliphatic heterocycles. The first-order valence-electron chi connectivity index (χ1n) is 7.79. The highest BCUT2D eigenvalue weighted by atomic mass is 16.5. The zero-order valence-corrected chi connectivity index (χ0v) is 13.5. The van der Waals surface area contributed by atoms with Crippen molar-refractivity contribution in [2.24, 2.45) is 0 Å². The molecule has 0 radical (unpaired) electrons. The molecule has 1 aromatic rings. The summed E-state index contributed by atoms with van der Waals surface area (Å²) in [5.41, 5.74) is -0.406. The van der Waals surface area contributed by atoms with Crippen LogP contribution >= 0.6 is 0 Å². The lowest BCUT2D eigenvalue weighted by Crippen LogP contribution is -2.30. The van der Waals surface area contributed by atoms with Crippen molar-refractivity contribution in [3.8, 4) is 0 Å². The summed E-state index contributed by atoms with van der Waals surface area (Å²) in [6.07, 6.45) is 4.71. The molecule has 1 heterocycles. The van der Waals surface area contributed by atoms with E-state index in [0.717, 1.165) is 32.1 Å². The van der Waals surface area contributed by atoms with Gasteiger partial charge in [-0.1, -0.05) is 32.3 Å². The van der Waals surface area contributed by atoms with Gasteiger partial charge in [0.15, 0.2) is 0 Å². The first-order chi connectivity index (χ1) is 9.65. The maximum Gasteiger partial charge on any atom is 0.228 e. The molecule has 0 aromatic carbocycles. The van der Waals surface area contributed by atoms with E-state index in [-0.39, 0.29) is 0 Å². The van der Waals surface area contributed by atoms with E-state index in [0.29, 0.717) is 24.4 Å². The summed E-state index contributed by atoms with van der Waals surface area (Å²) in [5, 5.41) is 7.45. The fraction of sp³-hybridized carbons (Fsp3) is 0.867. The molecule has 0 fully saturated rings. The van der Waals surface area contributed by atoms with E-state index in [1.165, 1.54) is 0 Å². The molecule has 0 aliphatic carbocycles. The molecular weight excluding hydrogens is 254 g/mol. The molecule has 5 heteroatoms. The van der Waals surface area contributed by atoms with Gasteiger partial charge in [-0.05, 0) is 33.2 Å².